The number of carboxylic acids is 1. The van der Waals surface area contributed by atoms with Crippen LogP contribution < -0.4 is 0 Å². The highest BCUT2D eigenvalue weighted by molar-refractivity contribution is 5.89. The number of rotatable bonds is 4. The number of hydrogen-bond acceptors (Lipinski definition) is 4. The summed E-state index contributed by atoms with van der Waals surface area (Å²) in [6.45, 7) is 0. The SMILES string of the molecule is O=C(O)C1C=C(c2ccco2)OC(=O)C1Cc1ccccc1. The van der Waals surface area contributed by atoms with Crippen LogP contribution in [0.5, 0.6) is 0 Å². The Balaban J connectivity index is 1.90. The number of carbonyl (C=O) groups is 2. The number of furan rings is 1. The Hall–Kier alpha value is -2.82. The van der Waals surface area contributed by atoms with E-state index in [9.17, 15) is 14.7 Å². The fourth-order valence-corrected chi connectivity index (χ4v) is 2.52. The Bertz CT molecular complexity index is 700. The van der Waals surface area contributed by atoms with Crippen molar-refractivity contribution in [1.29, 1.82) is 0 Å². The molecule has 5 heteroatoms. The summed E-state index contributed by atoms with van der Waals surface area (Å²) in [7, 11) is 0. The molecule has 2 unspecified atom stereocenters. The molecular formula is C17H14O5. The standard InChI is InChI=1S/C17H14O5/c18-16(19)12-10-15(14-7-4-8-21-14)22-17(20)13(12)9-11-5-2-1-3-6-11/h1-8,10,12-13H,9H2,(H,18,19). The van der Waals surface area contributed by atoms with Gasteiger partial charge in [-0.15, -0.1) is 0 Å². The summed E-state index contributed by atoms with van der Waals surface area (Å²) in [5.74, 6) is -2.79. The topological polar surface area (TPSA) is 76.7 Å². The predicted octanol–water partition coefficient (Wildman–Crippen LogP) is 2.74. The summed E-state index contributed by atoms with van der Waals surface area (Å²) < 4.78 is 10.4. The van der Waals surface area contributed by atoms with E-state index in [4.69, 9.17) is 9.15 Å². The average molecular weight is 298 g/mol. The highest BCUT2D eigenvalue weighted by atomic mass is 16.5. The van der Waals surface area contributed by atoms with E-state index >= 15 is 0 Å². The molecule has 0 aliphatic carbocycles. The lowest BCUT2D eigenvalue weighted by Crippen LogP contribution is -2.35. The van der Waals surface area contributed by atoms with Crippen LogP contribution in [0, 0.1) is 11.8 Å². The molecule has 0 spiro atoms. The van der Waals surface area contributed by atoms with Gasteiger partial charge >= 0.3 is 11.9 Å². The molecule has 1 aliphatic heterocycles. The summed E-state index contributed by atoms with van der Waals surface area (Å²) >= 11 is 0. The van der Waals surface area contributed by atoms with Gasteiger partial charge in [0, 0.05) is 0 Å². The third-order valence-corrected chi connectivity index (χ3v) is 3.63. The summed E-state index contributed by atoms with van der Waals surface area (Å²) in [6.07, 6.45) is 3.20. The van der Waals surface area contributed by atoms with E-state index in [1.165, 1.54) is 12.3 Å². The van der Waals surface area contributed by atoms with E-state index < -0.39 is 23.8 Å². The minimum atomic E-state index is -1.05. The molecule has 1 N–H and O–H groups in total. The highest BCUT2D eigenvalue weighted by Crippen LogP contribution is 2.32. The van der Waals surface area contributed by atoms with Crippen molar-refractivity contribution in [3.63, 3.8) is 0 Å². The maximum atomic E-state index is 12.3. The first-order valence-corrected chi connectivity index (χ1v) is 6.89. The molecule has 1 aliphatic rings. The van der Waals surface area contributed by atoms with Crippen LogP contribution in [-0.4, -0.2) is 17.0 Å². The number of esters is 1. The molecule has 22 heavy (non-hydrogen) atoms. The monoisotopic (exact) mass is 298 g/mol. The molecule has 5 nitrogen and oxygen atoms in total. The Kier molecular flexibility index (Phi) is 3.78. The molecule has 1 aromatic heterocycles. The predicted molar refractivity (Wildman–Crippen MR) is 77.5 cm³/mol. The second kappa shape index (κ2) is 5.89. The molecule has 1 aromatic carbocycles. The van der Waals surface area contributed by atoms with Crippen molar-refractivity contribution in [3.05, 3.63) is 66.1 Å². The van der Waals surface area contributed by atoms with E-state index in [1.807, 2.05) is 30.3 Å². The second-order valence-electron chi connectivity index (χ2n) is 5.09. The van der Waals surface area contributed by atoms with Crippen LogP contribution in [0.3, 0.4) is 0 Å². The van der Waals surface area contributed by atoms with E-state index in [1.54, 1.807) is 12.1 Å². The lowest BCUT2D eigenvalue weighted by molar-refractivity contribution is -0.153. The first-order chi connectivity index (χ1) is 10.6. The van der Waals surface area contributed by atoms with E-state index in [0.29, 0.717) is 12.2 Å². The van der Waals surface area contributed by atoms with Gasteiger partial charge < -0.3 is 14.3 Å². The molecule has 2 heterocycles. The number of cyclic esters (lactones) is 1. The first kappa shape index (κ1) is 14.1. The zero-order valence-corrected chi connectivity index (χ0v) is 11.6. The fraction of sp³-hybridized carbons (Fsp3) is 0.176. The molecule has 3 rings (SSSR count). The molecule has 2 aromatic rings. The number of carbonyl (C=O) groups excluding carboxylic acids is 1. The van der Waals surface area contributed by atoms with Crippen molar-refractivity contribution in [1.82, 2.24) is 0 Å². The number of aliphatic carboxylic acids is 1. The normalized spacial score (nSPS) is 21.1. The van der Waals surface area contributed by atoms with Gasteiger partial charge in [-0.1, -0.05) is 30.3 Å². The van der Waals surface area contributed by atoms with Crippen LogP contribution in [0.1, 0.15) is 11.3 Å². The molecule has 0 saturated heterocycles. The quantitative estimate of drug-likeness (QED) is 0.878. The third kappa shape index (κ3) is 2.79. The Morgan fingerprint density at radius 2 is 1.91 bits per heavy atom. The molecule has 0 amide bonds. The fourth-order valence-electron chi connectivity index (χ4n) is 2.52. The smallest absolute Gasteiger partial charge is 0.315 e. The van der Waals surface area contributed by atoms with Gasteiger partial charge in [-0.3, -0.25) is 9.59 Å². The zero-order valence-electron chi connectivity index (χ0n) is 11.6. The summed E-state index contributed by atoms with van der Waals surface area (Å²) in [5.41, 5.74) is 0.894. The van der Waals surface area contributed by atoms with Gasteiger partial charge in [0.2, 0.25) is 0 Å². The van der Waals surface area contributed by atoms with Crippen molar-refractivity contribution in [2.24, 2.45) is 11.8 Å². The van der Waals surface area contributed by atoms with Gasteiger partial charge in [-0.2, -0.15) is 0 Å². The van der Waals surface area contributed by atoms with Gasteiger partial charge in [0.05, 0.1) is 18.1 Å². The Morgan fingerprint density at radius 3 is 2.55 bits per heavy atom. The average Bonchev–Trinajstić information content (AvgIpc) is 3.04. The molecule has 0 saturated carbocycles. The van der Waals surface area contributed by atoms with Gasteiger partial charge in [0.15, 0.2) is 11.5 Å². The molecule has 0 radical (unpaired) electrons. The van der Waals surface area contributed by atoms with Crippen molar-refractivity contribution < 1.29 is 23.8 Å². The number of benzene rings is 1. The number of hydrogen-bond donors (Lipinski definition) is 1. The van der Waals surface area contributed by atoms with E-state index in [0.717, 1.165) is 5.56 Å². The summed E-state index contributed by atoms with van der Waals surface area (Å²) in [6, 6.07) is 12.6. The van der Waals surface area contributed by atoms with Crippen LogP contribution in [-0.2, 0) is 20.7 Å². The maximum Gasteiger partial charge on any atom is 0.315 e. The Morgan fingerprint density at radius 1 is 1.14 bits per heavy atom. The van der Waals surface area contributed by atoms with Crippen molar-refractivity contribution in [3.8, 4) is 0 Å². The van der Waals surface area contributed by atoms with Crippen LogP contribution in [0.25, 0.3) is 5.76 Å². The van der Waals surface area contributed by atoms with E-state index in [2.05, 4.69) is 0 Å². The highest BCUT2D eigenvalue weighted by Gasteiger charge is 2.39. The van der Waals surface area contributed by atoms with Crippen molar-refractivity contribution >= 4 is 17.7 Å². The van der Waals surface area contributed by atoms with Crippen LogP contribution in [0.15, 0.2) is 59.2 Å². The van der Waals surface area contributed by atoms with Crippen LogP contribution >= 0.6 is 0 Å². The third-order valence-electron chi connectivity index (χ3n) is 3.63. The summed E-state index contributed by atoms with van der Waals surface area (Å²) in [5, 5.41) is 9.44. The molecule has 0 bridgehead atoms. The Labute approximate surface area is 126 Å². The first-order valence-electron chi connectivity index (χ1n) is 6.89. The van der Waals surface area contributed by atoms with Gasteiger partial charge in [0.25, 0.3) is 0 Å². The second-order valence-corrected chi connectivity index (χ2v) is 5.09. The number of carboxylic acid groups (broad SMARTS) is 1. The van der Waals surface area contributed by atoms with Gasteiger partial charge in [-0.25, -0.2) is 0 Å². The molecular weight excluding hydrogens is 284 g/mol. The van der Waals surface area contributed by atoms with Crippen LogP contribution in [0.2, 0.25) is 0 Å². The summed E-state index contributed by atoms with van der Waals surface area (Å²) in [4.78, 5) is 23.8. The minimum Gasteiger partial charge on any atom is -0.481 e. The van der Waals surface area contributed by atoms with Gasteiger partial charge in [0.1, 0.15) is 0 Å². The largest absolute Gasteiger partial charge is 0.481 e. The molecule has 2 atom stereocenters. The molecule has 0 fully saturated rings. The van der Waals surface area contributed by atoms with E-state index in [-0.39, 0.29) is 5.76 Å². The zero-order chi connectivity index (χ0) is 15.5. The lowest BCUT2D eigenvalue weighted by atomic mass is 9.84. The lowest BCUT2D eigenvalue weighted by Gasteiger charge is -2.25. The van der Waals surface area contributed by atoms with Crippen molar-refractivity contribution in [2.75, 3.05) is 0 Å². The number of ether oxygens (including phenoxy) is 1. The maximum absolute atomic E-state index is 12.3. The van der Waals surface area contributed by atoms with Crippen molar-refractivity contribution in [2.45, 2.75) is 6.42 Å². The molecule has 112 valence electrons. The minimum absolute atomic E-state index is 0.159. The van der Waals surface area contributed by atoms with Gasteiger partial charge in [-0.05, 0) is 30.2 Å². The van der Waals surface area contributed by atoms with Crippen LogP contribution in [0.4, 0.5) is 0 Å².